The molecule has 0 fully saturated rings. The van der Waals surface area contributed by atoms with E-state index in [0.717, 1.165) is 35.6 Å². The summed E-state index contributed by atoms with van der Waals surface area (Å²) in [6, 6.07) is 7.87. The molecule has 1 aromatic carbocycles. The molecule has 6 nitrogen and oxygen atoms in total. The first kappa shape index (κ1) is 12.3. The van der Waals surface area contributed by atoms with Crippen molar-refractivity contribution in [1.29, 1.82) is 0 Å². The van der Waals surface area contributed by atoms with Gasteiger partial charge in [0.05, 0.1) is 48.8 Å². The summed E-state index contributed by atoms with van der Waals surface area (Å²) in [4.78, 5) is 11.3. The van der Waals surface area contributed by atoms with Crippen LogP contribution in [0.4, 0.5) is 5.82 Å². The number of anilines is 1. The Bertz CT molecular complexity index is 798. The lowest BCUT2D eigenvalue weighted by atomic mass is 10.3. The van der Waals surface area contributed by atoms with Crippen molar-refractivity contribution in [3.63, 3.8) is 0 Å². The van der Waals surface area contributed by atoms with Crippen LogP contribution in [-0.2, 0) is 19.6 Å². The minimum Gasteiger partial charge on any atom is -0.394 e. The predicted octanol–water partition coefficient (Wildman–Crippen LogP) is 1.34. The molecule has 4 rings (SSSR count). The van der Waals surface area contributed by atoms with Crippen LogP contribution >= 0.6 is 0 Å². The van der Waals surface area contributed by atoms with Crippen molar-refractivity contribution in [2.24, 2.45) is 0 Å². The summed E-state index contributed by atoms with van der Waals surface area (Å²) in [6.45, 7) is 2.17. The van der Waals surface area contributed by atoms with Gasteiger partial charge in [0.25, 0.3) is 0 Å². The van der Waals surface area contributed by atoms with E-state index < -0.39 is 0 Å². The fourth-order valence-electron chi connectivity index (χ4n) is 2.76. The molecule has 1 aliphatic heterocycles. The lowest BCUT2D eigenvalue weighted by Crippen LogP contribution is -2.18. The smallest absolute Gasteiger partial charge is 0.148 e. The van der Waals surface area contributed by atoms with Crippen molar-refractivity contribution in [3.8, 4) is 0 Å². The SMILES string of the molecule is OCCn1ncc2c1CN(c1cnc3ccccc3n1)C2. The van der Waals surface area contributed by atoms with E-state index in [0.29, 0.717) is 6.54 Å². The molecule has 106 valence electrons. The van der Waals surface area contributed by atoms with Crippen molar-refractivity contribution in [3.05, 3.63) is 47.9 Å². The molecule has 0 saturated heterocycles. The Hall–Kier alpha value is -2.47. The number of rotatable bonds is 3. The van der Waals surface area contributed by atoms with Crippen molar-refractivity contribution in [1.82, 2.24) is 19.7 Å². The summed E-state index contributed by atoms with van der Waals surface area (Å²) in [7, 11) is 0. The monoisotopic (exact) mass is 281 g/mol. The minimum absolute atomic E-state index is 0.101. The first-order chi connectivity index (χ1) is 10.3. The Balaban J connectivity index is 1.65. The topological polar surface area (TPSA) is 67.1 Å². The van der Waals surface area contributed by atoms with Crippen molar-refractivity contribution >= 4 is 16.9 Å². The molecule has 3 aromatic rings. The number of aromatic nitrogens is 4. The molecule has 0 aliphatic carbocycles. The van der Waals surface area contributed by atoms with Gasteiger partial charge in [0.15, 0.2) is 0 Å². The first-order valence-electron chi connectivity index (χ1n) is 6.96. The Morgan fingerprint density at radius 1 is 1.10 bits per heavy atom. The number of nitrogens with zero attached hydrogens (tertiary/aromatic N) is 5. The molecule has 0 bridgehead atoms. The highest BCUT2D eigenvalue weighted by molar-refractivity contribution is 5.75. The average molecular weight is 281 g/mol. The Morgan fingerprint density at radius 2 is 1.95 bits per heavy atom. The van der Waals surface area contributed by atoms with Crippen LogP contribution in [0.15, 0.2) is 36.7 Å². The normalized spacial score (nSPS) is 13.9. The molecule has 0 spiro atoms. The van der Waals surface area contributed by atoms with E-state index in [-0.39, 0.29) is 6.61 Å². The van der Waals surface area contributed by atoms with E-state index in [1.165, 1.54) is 5.56 Å². The number of hydrogen-bond donors (Lipinski definition) is 1. The minimum atomic E-state index is 0.101. The van der Waals surface area contributed by atoms with Crippen LogP contribution in [0.3, 0.4) is 0 Å². The van der Waals surface area contributed by atoms with Gasteiger partial charge in [-0.25, -0.2) is 4.98 Å². The largest absolute Gasteiger partial charge is 0.394 e. The molecule has 2 aromatic heterocycles. The van der Waals surface area contributed by atoms with Crippen LogP contribution < -0.4 is 4.90 Å². The fraction of sp³-hybridized carbons (Fsp3) is 0.267. The summed E-state index contributed by atoms with van der Waals surface area (Å²) >= 11 is 0. The molecule has 0 saturated carbocycles. The van der Waals surface area contributed by atoms with E-state index in [1.54, 1.807) is 0 Å². The van der Waals surface area contributed by atoms with Gasteiger partial charge in [-0.3, -0.25) is 9.67 Å². The zero-order valence-corrected chi connectivity index (χ0v) is 11.5. The molecule has 21 heavy (non-hydrogen) atoms. The van der Waals surface area contributed by atoms with E-state index in [9.17, 15) is 0 Å². The van der Waals surface area contributed by atoms with E-state index in [2.05, 4.69) is 20.0 Å². The summed E-state index contributed by atoms with van der Waals surface area (Å²) in [5, 5.41) is 13.4. The number of benzene rings is 1. The fourth-order valence-corrected chi connectivity index (χ4v) is 2.76. The standard InChI is InChI=1S/C15H15N5O/c21-6-5-20-14-10-19(9-11(14)7-17-20)15-8-16-12-3-1-2-4-13(12)18-15/h1-4,7-8,21H,5-6,9-10H2. The van der Waals surface area contributed by atoms with Crippen molar-refractivity contribution in [2.75, 3.05) is 11.5 Å². The molecule has 0 radical (unpaired) electrons. The van der Waals surface area contributed by atoms with Crippen LogP contribution in [0.1, 0.15) is 11.3 Å². The number of para-hydroxylation sites is 2. The molecular formula is C15H15N5O. The third-order valence-electron chi connectivity index (χ3n) is 3.81. The van der Waals surface area contributed by atoms with Crippen LogP contribution in [-0.4, -0.2) is 31.5 Å². The molecule has 1 aliphatic rings. The molecule has 0 unspecified atom stereocenters. The molecule has 3 heterocycles. The zero-order valence-electron chi connectivity index (χ0n) is 11.5. The number of aliphatic hydroxyl groups excluding tert-OH is 1. The lowest BCUT2D eigenvalue weighted by Gasteiger charge is -2.17. The van der Waals surface area contributed by atoms with Crippen LogP contribution in [0, 0.1) is 0 Å². The molecule has 0 amide bonds. The third kappa shape index (κ3) is 2.04. The Morgan fingerprint density at radius 3 is 2.81 bits per heavy atom. The van der Waals surface area contributed by atoms with Gasteiger partial charge in [0.1, 0.15) is 5.82 Å². The second kappa shape index (κ2) is 4.82. The van der Waals surface area contributed by atoms with Crippen LogP contribution in [0.5, 0.6) is 0 Å². The van der Waals surface area contributed by atoms with Gasteiger partial charge in [0, 0.05) is 12.1 Å². The Labute approximate surface area is 121 Å². The second-order valence-electron chi connectivity index (χ2n) is 5.14. The maximum absolute atomic E-state index is 9.07. The van der Waals surface area contributed by atoms with Gasteiger partial charge < -0.3 is 10.0 Å². The van der Waals surface area contributed by atoms with Crippen LogP contribution in [0.25, 0.3) is 11.0 Å². The highest BCUT2D eigenvalue weighted by Crippen LogP contribution is 2.27. The van der Waals surface area contributed by atoms with Gasteiger partial charge in [0.2, 0.25) is 0 Å². The first-order valence-corrected chi connectivity index (χ1v) is 6.96. The van der Waals surface area contributed by atoms with Gasteiger partial charge in [-0.2, -0.15) is 5.10 Å². The summed E-state index contributed by atoms with van der Waals surface area (Å²) < 4.78 is 1.86. The van der Waals surface area contributed by atoms with E-state index in [4.69, 9.17) is 5.11 Å². The maximum atomic E-state index is 9.07. The maximum Gasteiger partial charge on any atom is 0.148 e. The Kier molecular flexibility index (Phi) is 2.82. The predicted molar refractivity (Wildman–Crippen MR) is 78.7 cm³/mol. The van der Waals surface area contributed by atoms with Gasteiger partial charge in [-0.05, 0) is 12.1 Å². The van der Waals surface area contributed by atoms with Gasteiger partial charge >= 0.3 is 0 Å². The summed E-state index contributed by atoms with van der Waals surface area (Å²) in [5.74, 6) is 0.875. The van der Waals surface area contributed by atoms with Crippen LogP contribution in [0.2, 0.25) is 0 Å². The van der Waals surface area contributed by atoms with Gasteiger partial charge in [-0.1, -0.05) is 12.1 Å². The van der Waals surface area contributed by atoms with Crippen molar-refractivity contribution in [2.45, 2.75) is 19.6 Å². The summed E-state index contributed by atoms with van der Waals surface area (Å²) in [5.41, 5.74) is 4.16. The molecular weight excluding hydrogens is 266 g/mol. The quantitative estimate of drug-likeness (QED) is 0.784. The molecule has 6 heteroatoms. The number of aliphatic hydroxyl groups is 1. The third-order valence-corrected chi connectivity index (χ3v) is 3.81. The highest BCUT2D eigenvalue weighted by atomic mass is 16.3. The van der Waals surface area contributed by atoms with E-state index >= 15 is 0 Å². The zero-order chi connectivity index (χ0) is 14.2. The van der Waals surface area contributed by atoms with E-state index in [1.807, 2.05) is 41.3 Å². The van der Waals surface area contributed by atoms with Gasteiger partial charge in [-0.15, -0.1) is 0 Å². The lowest BCUT2D eigenvalue weighted by molar-refractivity contribution is 0.267. The molecule has 1 N–H and O–H groups in total. The number of hydrogen-bond acceptors (Lipinski definition) is 5. The second-order valence-corrected chi connectivity index (χ2v) is 5.14. The summed E-state index contributed by atoms with van der Waals surface area (Å²) in [6.07, 6.45) is 3.69. The number of fused-ring (bicyclic) bond motifs is 2. The molecule has 0 atom stereocenters. The van der Waals surface area contributed by atoms with Crippen molar-refractivity contribution < 1.29 is 5.11 Å². The average Bonchev–Trinajstić information content (AvgIpc) is 3.09. The highest BCUT2D eigenvalue weighted by Gasteiger charge is 2.24.